The molecule has 0 unspecified atom stereocenters. The van der Waals surface area contributed by atoms with E-state index in [0.717, 1.165) is 5.56 Å². The second-order valence-corrected chi connectivity index (χ2v) is 6.44. The third-order valence-electron chi connectivity index (χ3n) is 4.20. The van der Waals surface area contributed by atoms with E-state index in [2.05, 4.69) is 10.6 Å². The van der Waals surface area contributed by atoms with Crippen LogP contribution in [0.4, 0.5) is 10.1 Å². The number of aryl methyl sites for hydroxylation is 1. The van der Waals surface area contributed by atoms with E-state index in [1.54, 1.807) is 31.2 Å². The lowest BCUT2D eigenvalue weighted by Gasteiger charge is -2.10. The molecule has 1 heterocycles. The van der Waals surface area contributed by atoms with Crippen molar-refractivity contribution in [3.63, 3.8) is 0 Å². The number of carbonyl (C=O) groups is 3. The van der Waals surface area contributed by atoms with E-state index in [1.165, 1.54) is 36.6 Å². The van der Waals surface area contributed by atoms with E-state index in [9.17, 15) is 18.8 Å². The molecule has 0 bridgehead atoms. The van der Waals surface area contributed by atoms with Crippen molar-refractivity contribution in [3.8, 4) is 0 Å². The molecule has 0 atom stereocenters. The lowest BCUT2D eigenvalue weighted by Crippen LogP contribution is -2.28. The van der Waals surface area contributed by atoms with Crippen LogP contribution in [0.3, 0.4) is 0 Å². The van der Waals surface area contributed by atoms with Gasteiger partial charge in [0.25, 0.3) is 11.8 Å². The molecule has 2 N–H and O–H groups in total. The monoisotopic (exact) mass is 410 g/mol. The van der Waals surface area contributed by atoms with Crippen LogP contribution in [0.1, 0.15) is 32.0 Å². The van der Waals surface area contributed by atoms with Crippen molar-refractivity contribution in [1.29, 1.82) is 0 Å². The van der Waals surface area contributed by atoms with Gasteiger partial charge >= 0.3 is 5.97 Å². The van der Waals surface area contributed by atoms with Crippen molar-refractivity contribution < 1.29 is 27.9 Å². The third-order valence-corrected chi connectivity index (χ3v) is 4.20. The molecular weight excluding hydrogens is 391 g/mol. The number of esters is 1. The van der Waals surface area contributed by atoms with Crippen molar-refractivity contribution in [2.24, 2.45) is 0 Å². The molecule has 0 spiro atoms. The number of anilines is 1. The van der Waals surface area contributed by atoms with E-state index in [0.29, 0.717) is 11.3 Å². The van der Waals surface area contributed by atoms with Gasteiger partial charge in [0.1, 0.15) is 5.82 Å². The number of carbonyl (C=O) groups excluding carboxylic acids is 3. The number of hydrogen-bond donors (Lipinski definition) is 2. The molecule has 0 aliphatic carbocycles. The van der Waals surface area contributed by atoms with Crippen LogP contribution < -0.4 is 10.6 Å². The number of nitrogens with one attached hydrogen (secondary N) is 2. The first-order valence-corrected chi connectivity index (χ1v) is 9.06. The van der Waals surface area contributed by atoms with E-state index < -0.39 is 24.4 Å². The van der Waals surface area contributed by atoms with E-state index in [1.807, 2.05) is 0 Å². The van der Waals surface area contributed by atoms with Crippen LogP contribution in [0.5, 0.6) is 0 Å². The Kier molecular flexibility index (Phi) is 6.59. The molecule has 1 aromatic heterocycles. The standard InChI is InChI=1S/C22H19FN2O5/c1-14-4-7-16(11-18(14)25-21(27)19-3-2-10-29-19)22(28)30-13-20(26)24-12-15-5-8-17(23)9-6-15/h2-11H,12-13H2,1H3,(H,24,26)(H,25,27). The summed E-state index contributed by atoms with van der Waals surface area (Å²) < 4.78 is 22.9. The zero-order valence-corrected chi connectivity index (χ0v) is 16.1. The first-order chi connectivity index (χ1) is 14.4. The summed E-state index contributed by atoms with van der Waals surface area (Å²) >= 11 is 0. The maximum Gasteiger partial charge on any atom is 0.338 e. The van der Waals surface area contributed by atoms with Gasteiger partial charge in [0.05, 0.1) is 11.8 Å². The Morgan fingerprint density at radius 2 is 1.83 bits per heavy atom. The number of furan rings is 1. The van der Waals surface area contributed by atoms with Crippen LogP contribution in [0.2, 0.25) is 0 Å². The fraction of sp³-hybridized carbons (Fsp3) is 0.136. The number of benzene rings is 2. The molecule has 2 aromatic carbocycles. The topological polar surface area (TPSA) is 97.6 Å². The van der Waals surface area contributed by atoms with Gasteiger partial charge < -0.3 is 19.8 Å². The lowest BCUT2D eigenvalue weighted by molar-refractivity contribution is -0.124. The van der Waals surface area contributed by atoms with Crippen LogP contribution in [0.15, 0.2) is 65.3 Å². The average Bonchev–Trinajstić information content (AvgIpc) is 3.28. The predicted molar refractivity (Wildman–Crippen MR) is 106 cm³/mol. The van der Waals surface area contributed by atoms with Gasteiger partial charge in [-0.3, -0.25) is 9.59 Å². The molecule has 7 nitrogen and oxygen atoms in total. The largest absolute Gasteiger partial charge is 0.459 e. The second-order valence-electron chi connectivity index (χ2n) is 6.44. The first kappa shape index (κ1) is 20.8. The summed E-state index contributed by atoms with van der Waals surface area (Å²) in [7, 11) is 0. The van der Waals surface area contributed by atoms with Crippen LogP contribution >= 0.6 is 0 Å². The van der Waals surface area contributed by atoms with Crippen molar-refractivity contribution in [3.05, 3.63) is 89.1 Å². The third kappa shape index (κ3) is 5.54. The van der Waals surface area contributed by atoms with Crippen molar-refractivity contribution in [2.45, 2.75) is 13.5 Å². The van der Waals surface area contributed by atoms with Gasteiger partial charge in [-0.15, -0.1) is 0 Å². The molecule has 8 heteroatoms. The molecule has 0 aliphatic rings. The Labute approximate surface area is 171 Å². The second kappa shape index (κ2) is 9.51. The average molecular weight is 410 g/mol. The highest BCUT2D eigenvalue weighted by atomic mass is 19.1. The van der Waals surface area contributed by atoms with Crippen LogP contribution in [-0.4, -0.2) is 24.4 Å². The molecule has 154 valence electrons. The van der Waals surface area contributed by atoms with Crippen molar-refractivity contribution in [2.75, 3.05) is 11.9 Å². The summed E-state index contributed by atoms with van der Waals surface area (Å²) in [6, 6.07) is 13.5. The fourth-order valence-corrected chi connectivity index (χ4v) is 2.54. The van der Waals surface area contributed by atoms with Gasteiger partial charge in [0.2, 0.25) is 0 Å². The summed E-state index contributed by atoms with van der Waals surface area (Å²) in [6.45, 7) is 1.49. The Hall–Kier alpha value is -3.94. The van der Waals surface area contributed by atoms with E-state index in [4.69, 9.17) is 9.15 Å². The van der Waals surface area contributed by atoms with Gasteiger partial charge in [-0.2, -0.15) is 0 Å². The minimum absolute atomic E-state index is 0.139. The molecule has 0 saturated carbocycles. The number of ether oxygens (including phenoxy) is 1. The molecule has 0 radical (unpaired) electrons. The van der Waals surface area contributed by atoms with Crippen LogP contribution in [-0.2, 0) is 16.1 Å². The van der Waals surface area contributed by atoms with Gasteiger partial charge in [-0.25, -0.2) is 9.18 Å². The Balaban J connectivity index is 1.54. The SMILES string of the molecule is Cc1ccc(C(=O)OCC(=O)NCc2ccc(F)cc2)cc1NC(=O)c1ccco1. The van der Waals surface area contributed by atoms with Gasteiger partial charge in [0.15, 0.2) is 12.4 Å². The Morgan fingerprint density at radius 3 is 2.53 bits per heavy atom. The van der Waals surface area contributed by atoms with E-state index >= 15 is 0 Å². The smallest absolute Gasteiger partial charge is 0.338 e. The molecule has 3 aromatic rings. The number of rotatable bonds is 7. The minimum atomic E-state index is -0.708. The Morgan fingerprint density at radius 1 is 1.07 bits per heavy atom. The van der Waals surface area contributed by atoms with Crippen LogP contribution in [0, 0.1) is 12.7 Å². The number of hydrogen-bond acceptors (Lipinski definition) is 5. The quantitative estimate of drug-likeness (QED) is 0.582. The summed E-state index contributed by atoms with van der Waals surface area (Å²) in [5, 5.41) is 5.25. The highest BCUT2D eigenvalue weighted by Crippen LogP contribution is 2.19. The molecule has 0 saturated heterocycles. The maximum absolute atomic E-state index is 12.9. The molecule has 30 heavy (non-hydrogen) atoms. The maximum atomic E-state index is 12.9. The van der Waals surface area contributed by atoms with Gasteiger partial charge in [0, 0.05) is 12.2 Å². The van der Waals surface area contributed by atoms with E-state index in [-0.39, 0.29) is 23.7 Å². The van der Waals surface area contributed by atoms with Crippen LogP contribution in [0.25, 0.3) is 0 Å². The van der Waals surface area contributed by atoms with Gasteiger partial charge in [-0.1, -0.05) is 18.2 Å². The zero-order chi connectivity index (χ0) is 21.5. The molecule has 2 amide bonds. The number of amides is 2. The summed E-state index contributed by atoms with van der Waals surface area (Å²) in [5.74, 6) is -1.88. The van der Waals surface area contributed by atoms with Crippen molar-refractivity contribution in [1.82, 2.24) is 5.32 Å². The summed E-state index contributed by atoms with van der Waals surface area (Å²) in [5.41, 5.74) is 2.06. The lowest BCUT2D eigenvalue weighted by atomic mass is 10.1. The molecule has 0 aliphatic heterocycles. The first-order valence-electron chi connectivity index (χ1n) is 9.06. The molecular formula is C22H19FN2O5. The minimum Gasteiger partial charge on any atom is -0.459 e. The van der Waals surface area contributed by atoms with Crippen molar-refractivity contribution >= 4 is 23.5 Å². The number of halogens is 1. The van der Waals surface area contributed by atoms with Gasteiger partial charge in [-0.05, 0) is 54.4 Å². The Bertz CT molecular complexity index is 1050. The molecule has 0 fully saturated rings. The highest BCUT2D eigenvalue weighted by Gasteiger charge is 2.15. The summed E-state index contributed by atoms with van der Waals surface area (Å²) in [6.07, 6.45) is 1.39. The fourth-order valence-electron chi connectivity index (χ4n) is 2.54. The summed E-state index contributed by atoms with van der Waals surface area (Å²) in [4.78, 5) is 36.3. The zero-order valence-electron chi connectivity index (χ0n) is 16.1. The highest BCUT2D eigenvalue weighted by molar-refractivity contribution is 6.03. The molecule has 3 rings (SSSR count). The predicted octanol–water partition coefficient (Wildman–Crippen LogP) is 3.45. The normalized spacial score (nSPS) is 10.3.